The number of thiophene rings is 1. The van der Waals surface area contributed by atoms with Gasteiger partial charge in [0.1, 0.15) is 0 Å². The lowest BCUT2D eigenvalue weighted by molar-refractivity contribution is 1.20. The molecule has 0 spiro atoms. The average molecular weight is 236 g/mol. The molecule has 0 bridgehead atoms. The SMILES string of the molecule is Nc1cnccc1SCCc1cccs1. The minimum atomic E-state index is 0.772. The summed E-state index contributed by atoms with van der Waals surface area (Å²) in [5.41, 5.74) is 6.57. The Labute approximate surface area is 97.5 Å². The van der Waals surface area contributed by atoms with Crippen molar-refractivity contribution >= 4 is 28.8 Å². The molecular weight excluding hydrogens is 224 g/mol. The molecule has 0 aliphatic heterocycles. The summed E-state index contributed by atoms with van der Waals surface area (Å²) in [6.45, 7) is 0. The van der Waals surface area contributed by atoms with Crippen LogP contribution in [0, 0.1) is 0 Å². The van der Waals surface area contributed by atoms with Gasteiger partial charge in [-0.05, 0) is 23.9 Å². The van der Waals surface area contributed by atoms with Crippen LogP contribution in [0.15, 0.2) is 40.9 Å². The highest BCUT2D eigenvalue weighted by atomic mass is 32.2. The van der Waals surface area contributed by atoms with Crippen molar-refractivity contribution in [2.24, 2.45) is 0 Å². The molecule has 2 aromatic heterocycles. The topological polar surface area (TPSA) is 38.9 Å². The number of nitrogens with two attached hydrogens (primary N) is 1. The van der Waals surface area contributed by atoms with Gasteiger partial charge in [0.15, 0.2) is 0 Å². The minimum Gasteiger partial charge on any atom is -0.397 e. The molecule has 0 saturated heterocycles. The van der Waals surface area contributed by atoms with E-state index in [0.29, 0.717) is 0 Å². The van der Waals surface area contributed by atoms with Gasteiger partial charge in [-0.3, -0.25) is 4.98 Å². The first-order valence-corrected chi connectivity index (χ1v) is 6.57. The Balaban J connectivity index is 1.86. The number of thioether (sulfide) groups is 1. The summed E-state index contributed by atoms with van der Waals surface area (Å²) in [6.07, 6.45) is 4.58. The second kappa shape index (κ2) is 5.19. The molecule has 0 atom stereocenters. The normalized spacial score (nSPS) is 10.4. The largest absolute Gasteiger partial charge is 0.397 e. The van der Waals surface area contributed by atoms with E-state index in [1.54, 1.807) is 35.5 Å². The van der Waals surface area contributed by atoms with E-state index < -0.39 is 0 Å². The molecule has 0 radical (unpaired) electrons. The monoisotopic (exact) mass is 236 g/mol. The van der Waals surface area contributed by atoms with Crippen LogP contribution in [0.25, 0.3) is 0 Å². The van der Waals surface area contributed by atoms with Gasteiger partial charge in [-0.2, -0.15) is 0 Å². The van der Waals surface area contributed by atoms with Gasteiger partial charge in [0, 0.05) is 21.7 Å². The molecular formula is C11H12N2S2. The van der Waals surface area contributed by atoms with Crippen molar-refractivity contribution in [2.75, 3.05) is 11.5 Å². The number of nitrogen functional groups attached to an aromatic ring is 1. The lowest BCUT2D eigenvalue weighted by atomic mass is 10.4. The molecule has 78 valence electrons. The highest BCUT2D eigenvalue weighted by molar-refractivity contribution is 7.99. The maximum atomic E-state index is 5.80. The van der Waals surface area contributed by atoms with Gasteiger partial charge in [-0.1, -0.05) is 6.07 Å². The maximum Gasteiger partial charge on any atom is 0.0638 e. The zero-order valence-corrected chi connectivity index (χ0v) is 9.85. The van der Waals surface area contributed by atoms with E-state index in [1.807, 2.05) is 6.07 Å². The van der Waals surface area contributed by atoms with Gasteiger partial charge in [-0.15, -0.1) is 23.1 Å². The van der Waals surface area contributed by atoms with Crippen LogP contribution >= 0.6 is 23.1 Å². The Morgan fingerprint density at radius 2 is 2.33 bits per heavy atom. The number of hydrogen-bond acceptors (Lipinski definition) is 4. The van der Waals surface area contributed by atoms with Gasteiger partial charge < -0.3 is 5.73 Å². The Bertz CT molecular complexity index is 412. The number of anilines is 1. The predicted molar refractivity (Wildman–Crippen MR) is 67.4 cm³/mol. The van der Waals surface area contributed by atoms with Crippen LogP contribution in [-0.2, 0) is 6.42 Å². The van der Waals surface area contributed by atoms with E-state index in [4.69, 9.17) is 5.73 Å². The summed E-state index contributed by atoms with van der Waals surface area (Å²) in [5, 5.41) is 2.11. The molecule has 0 unspecified atom stereocenters. The van der Waals surface area contributed by atoms with E-state index in [-0.39, 0.29) is 0 Å². The first-order chi connectivity index (χ1) is 7.36. The minimum absolute atomic E-state index is 0.772. The van der Waals surface area contributed by atoms with E-state index in [1.165, 1.54) is 4.88 Å². The van der Waals surface area contributed by atoms with Crippen molar-refractivity contribution < 1.29 is 0 Å². The number of aromatic nitrogens is 1. The standard InChI is InChI=1S/C11H12N2S2/c12-10-8-13-5-3-11(10)15-7-4-9-2-1-6-14-9/h1-3,5-6,8H,4,7,12H2. The van der Waals surface area contributed by atoms with Gasteiger partial charge in [0.25, 0.3) is 0 Å². The van der Waals surface area contributed by atoms with Crippen molar-refractivity contribution in [3.05, 3.63) is 40.8 Å². The smallest absolute Gasteiger partial charge is 0.0638 e. The van der Waals surface area contributed by atoms with Crippen LogP contribution < -0.4 is 5.73 Å². The molecule has 0 amide bonds. The van der Waals surface area contributed by atoms with Gasteiger partial charge in [0.05, 0.1) is 11.9 Å². The summed E-state index contributed by atoms with van der Waals surface area (Å²) in [6, 6.07) is 6.22. The first kappa shape index (κ1) is 10.5. The van der Waals surface area contributed by atoms with Crippen LogP contribution in [0.3, 0.4) is 0 Å². The Morgan fingerprint density at radius 1 is 1.40 bits per heavy atom. The molecule has 0 saturated carbocycles. The van der Waals surface area contributed by atoms with Crippen LogP contribution in [0.1, 0.15) is 4.88 Å². The molecule has 0 aliphatic rings. The first-order valence-electron chi connectivity index (χ1n) is 4.71. The van der Waals surface area contributed by atoms with E-state index >= 15 is 0 Å². The maximum absolute atomic E-state index is 5.80. The number of aryl methyl sites for hydroxylation is 1. The van der Waals surface area contributed by atoms with E-state index in [2.05, 4.69) is 22.5 Å². The Kier molecular flexibility index (Phi) is 3.64. The second-order valence-corrected chi connectivity index (χ2v) is 5.26. The van der Waals surface area contributed by atoms with Crippen molar-refractivity contribution in [3.63, 3.8) is 0 Å². The quantitative estimate of drug-likeness (QED) is 0.829. The van der Waals surface area contributed by atoms with Crippen LogP contribution in [0.4, 0.5) is 5.69 Å². The number of nitrogens with zero attached hydrogens (tertiary/aromatic N) is 1. The Morgan fingerprint density at radius 3 is 3.07 bits per heavy atom. The molecule has 15 heavy (non-hydrogen) atoms. The average Bonchev–Trinajstić information content (AvgIpc) is 2.74. The van der Waals surface area contributed by atoms with Gasteiger partial charge in [-0.25, -0.2) is 0 Å². The summed E-state index contributed by atoms with van der Waals surface area (Å²) in [4.78, 5) is 6.52. The van der Waals surface area contributed by atoms with Gasteiger partial charge >= 0.3 is 0 Å². The van der Waals surface area contributed by atoms with E-state index in [0.717, 1.165) is 22.8 Å². The van der Waals surface area contributed by atoms with E-state index in [9.17, 15) is 0 Å². The molecule has 0 aliphatic carbocycles. The summed E-state index contributed by atoms with van der Waals surface area (Å²) < 4.78 is 0. The molecule has 4 heteroatoms. The fraction of sp³-hybridized carbons (Fsp3) is 0.182. The lowest BCUT2D eigenvalue weighted by Crippen LogP contribution is -1.91. The lowest BCUT2D eigenvalue weighted by Gasteiger charge is -2.03. The fourth-order valence-corrected chi connectivity index (χ4v) is 3.00. The van der Waals surface area contributed by atoms with Gasteiger partial charge in [0.2, 0.25) is 0 Å². The zero-order valence-electron chi connectivity index (χ0n) is 8.22. The molecule has 2 aromatic rings. The third-order valence-corrected chi connectivity index (χ3v) is 4.02. The van der Waals surface area contributed by atoms with Crippen molar-refractivity contribution in [1.82, 2.24) is 4.98 Å². The summed E-state index contributed by atoms with van der Waals surface area (Å²) in [7, 11) is 0. The zero-order chi connectivity index (χ0) is 10.5. The molecule has 2 rings (SSSR count). The van der Waals surface area contributed by atoms with Crippen LogP contribution in [-0.4, -0.2) is 10.7 Å². The molecule has 0 fully saturated rings. The van der Waals surface area contributed by atoms with Crippen LogP contribution in [0.2, 0.25) is 0 Å². The highest BCUT2D eigenvalue weighted by Crippen LogP contribution is 2.24. The Hall–Kier alpha value is -1.00. The molecule has 2 N–H and O–H groups in total. The van der Waals surface area contributed by atoms with Crippen LogP contribution in [0.5, 0.6) is 0 Å². The summed E-state index contributed by atoms with van der Waals surface area (Å²) >= 11 is 3.59. The third-order valence-electron chi connectivity index (χ3n) is 2.00. The second-order valence-electron chi connectivity index (χ2n) is 3.09. The number of pyridine rings is 1. The van der Waals surface area contributed by atoms with Crippen molar-refractivity contribution in [2.45, 2.75) is 11.3 Å². The van der Waals surface area contributed by atoms with Crippen molar-refractivity contribution in [3.8, 4) is 0 Å². The summed E-state index contributed by atoms with van der Waals surface area (Å²) in [5.74, 6) is 1.06. The number of hydrogen-bond donors (Lipinski definition) is 1. The number of rotatable bonds is 4. The molecule has 0 aromatic carbocycles. The predicted octanol–water partition coefficient (Wildman–Crippen LogP) is 3.06. The molecule has 2 heterocycles. The fourth-order valence-electron chi connectivity index (χ4n) is 1.24. The van der Waals surface area contributed by atoms with Crippen molar-refractivity contribution in [1.29, 1.82) is 0 Å². The highest BCUT2D eigenvalue weighted by Gasteiger charge is 1.99. The molecule has 2 nitrogen and oxygen atoms in total. The third kappa shape index (κ3) is 2.97.